The summed E-state index contributed by atoms with van der Waals surface area (Å²) in [4.78, 5) is 28.3. The number of hydrogen-bond acceptors (Lipinski definition) is 4. The Labute approximate surface area is 131 Å². The van der Waals surface area contributed by atoms with Crippen molar-refractivity contribution in [3.8, 4) is 0 Å². The number of aryl methyl sites for hydroxylation is 1. The molecule has 0 saturated carbocycles. The number of pyridine rings is 1. The highest BCUT2D eigenvalue weighted by Crippen LogP contribution is 2.26. The van der Waals surface area contributed by atoms with Crippen LogP contribution < -0.4 is 5.32 Å². The largest absolute Gasteiger partial charge is 0.383 e. The number of imide groups is 1. The first-order valence-corrected chi connectivity index (χ1v) is 7.30. The molecule has 0 radical (unpaired) electrons. The number of aromatic nitrogens is 1. The number of anilines is 1. The van der Waals surface area contributed by atoms with E-state index in [-0.39, 0.29) is 36.7 Å². The average molecular weight is 319 g/mol. The molecule has 1 aliphatic heterocycles. The van der Waals surface area contributed by atoms with Crippen molar-refractivity contribution in [1.29, 1.82) is 0 Å². The zero-order valence-corrected chi connectivity index (χ0v) is 12.5. The number of hydrogen-bond donors (Lipinski definition) is 1. The van der Waals surface area contributed by atoms with Gasteiger partial charge in [-0.2, -0.15) is 0 Å². The molecule has 2 amide bonds. The Morgan fingerprint density at radius 1 is 1.22 bits per heavy atom. The fraction of sp³-hybridized carbons (Fsp3) is 0.312. The minimum atomic E-state index is -0.987. The summed E-state index contributed by atoms with van der Waals surface area (Å²) in [5, 5.41) is 3.52. The first-order valence-electron chi connectivity index (χ1n) is 7.30. The minimum Gasteiger partial charge on any atom is -0.383 e. The van der Waals surface area contributed by atoms with E-state index in [1.165, 1.54) is 11.0 Å². The molecule has 1 fully saturated rings. The van der Waals surface area contributed by atoms with Crippen LogP contribution in [-0.4, -0.2) is 34.8 Å². The number of fused-ring (bicyclic) bond motifs is 1. The third kappa shape index (κ3) is 2.86. The van der Waals surface area contributed by atoms with E-state index >= 15 is 0 Å². The monoisotopic (exact) mass is 319 g/mol. The molecule has 23 heavy (non-hydrogen) atoms. The second kappa shape index (κ2) is 5.91. The number of carbonyl (C=O) groups excluding carboxylic acids is 2. The molecule has 0 unspecified atom stereocenters. The molecule has 1 aliphatic rings. The average Bonchev–Trinajstić information content (AvgIpc) is 2.83. The van der Waals surface area contributed by atoms with Gasteiger partial charge in [0.1, 0.15) is 5.52 Å². The molecule has 2 heterocycles. The Kier molecular flexibility index (Phi) is 3.94. The van der Waals surface area contributed by atoms with Gasteiger partial charge in [0.15, 0.2) is 11.6 Å². The van der Waals surface area contributed by atoms with E-state index in [2.05, 4.69) is 10.3 Å². The number of rotatable bonds is 4. The summed E-state index contributed by atoms with van der Waals surface area (Å²) < 4.78 is 27.2. The van der Waals surface area contributed by atoms with Gasteiger partial charge in [-0.05, 0) is 25.1 Å². The molecule has 1 aromatic carbocycles. The maximum absolute atomic E-state index is 13.9. The smallest absolute Gasteiger partial charge is 0.229 e. The SMILES string of the molecule is Cc1cc(NCCN2C(=O)CCC2=O)c2ccc(F)c(F)c2n1. The topological polar surface area (TPSA) is 62.3 Å². The molecule has 0 aliphatic carbocycles. The van der Waals surface area contributed by atoms with Gasteiger partial charge in [-0.3, -0.25) is 14.5 Å². The predicted molar refractivity (Wildman–Crippen MR) is 80.8 cm³/mol. The van der Waals surface area contributed by atoms with Crippen LogP contribution in [0.1, 0.15) is 18.5 Å². The zero-order valence-electron chi connectivity index (χ0n) is 12.5. The Morgan fingerprint density at radius 2 is 1.91 bits per heavy atom. The van der Waals surface area contributed by atoms with Crippen LogP contribution in [-0.2, 0) is 9.59 Å². The van der Waals surface area contributed by atoms with Crippen LogP contribution in [0.15, 0.2) is 18.2 Å². The summed E-state index contributed by atoms with van der Waals surface area (Å²) in [6.07, 6.45) is 0.501. The molecule has 0 bridgehead atoms. The quantitative estimate of drug-likeness (QED) is 0.879. The third-order valence-electron chi connectivity index (χ3n) is 3.81. The highest BCUT2D eigenvalue weighted by Gasteiger charge is 2.28. The second-order valence-corrected chi connectivity index (χ2v) is 5.43. The van der Waals surface area contributed by atoms with E-state index in [1.807, 2.05) is 0 Å². The van der Waals surface area contributed by atoms with Crippen LogP contribution in [0.3, 0.4) is 0 Å². The van der Waals surface area contributed by atoms with Crippen molar-refractivity contribution < 1.29 is 18.4 Å². The Morgan fingerprint density at radius 3 is 2.61 bits per heavy atom. The van der Waals surface area contributed by atoms with Gasteiger partial charge in [0, 0.05) is 42.7 Å². The first-order chi connectivity index (χ1) is 11.0. The number of nitrogens with zero attached hydrogens (tertiary/aromatic N) is 2. The van der Waals surface area contributed by atoms with Crippen molar-refractivity contribution in [3.63, 3.8) is 0 Å². The molecule has 3 rings (SSSR count). The van der Waals surface area contributed by atoms with E-state index in [0.29, 0.717) is 23.3 Å². The lowest BCUT2D eigenvalue weighted by atomic mass is 10.1. The van der Waals surface area contributed by atoms with Gasteiger partial charge in [-0.1, -0.05) is 0 Å². The number of halogens is 2. The normalized spacial score (nSPS) is 14.8. The van der Waals surface area contributed by atoms with Crippen molar-refractivity contribution >= 4 is 28.4 Å². The lowest BCUT2D eigenvalue weighted by Crippen LogP contribution is -2.33. The Bertz CT molecular complexity index is 792. The van der Waals surface area contributed by atoms with Crippen molar-refractivity contribution in [2.45, 2.75) is 19.8 Å². The maximum Gasteiger partial charge on any atom is 0.229 e. The van der Waals surface area contributed by atoms with Crippen LogP contribution in [0.5, 0.6) is 0 Å². The molecule has 7 heteroatoms. The third-order valence-corrected chi connectivity index (χ3v) is 3.81. The maximum atomic E-state index is 13.9. The van der Waals surface area contributed by atoms with Crippen molar-refractivity contribution in [1.82, 2.24) is 9.88 Å². The standard InChI is InChI=1S/C16H15F2N3O2/c1-9-8-12(10-2-3-11(17)15(18)16(10)20-9)19-6-7-21-13(22)4-5-14(21)23/h2-3,8H,4-7H2,1H3,(H,19,20). The van der Waals surface area contributed by atoms with Gasteiger partial charge >= 0.3 is 0 Å². The van der Waals surface area contributed by atoms with Crippen molar-refractivity contribution in [3.05, 3.63) is 35.5 Å². The summed E-state index contributed by atoms with van der Waals surface area (Å²) >= 11 is 0. The van der Waals surface area contributed by atoms with Crippen LogP contribution in [0.2, 0.25) is 0 Å². The van der Waals surface area contributed by atoms with E-state index in [4.69, 9.17) is 0 Å². The fourth-order valence-corrected chi connectivity index (χ4v) is 2.68. The predicted octanol–water partition coefficient (Wildman–Crippen LogP) is 2.38. The van der Waals surface area contributed by atoms with E-state index in [1.54, 1.807) is 13.0 Å². The van der Waals surface area contributed by atoms with Crippen molar-refractivity contribution in [2.75, 3.05) is 18.4 Å². The summed E-state index contributed by atoms with van der Waals surface area (Å²) in [7, 11) is 0. The van der Waals surface area contributed by atoms with Crippen LogP contribution in [0, 0.1) is 18.6 Å². The van der Waals surface area contributed by atoms with Gasteiger partial charge in [0.05, 0.1) is 0 Å². The summed E-state index contributed by atoms with van der Waals surface area (Å²) in [5.41, 5.74) is 1.09. The molecule has 5 nitrogen and oxygen atoms in total. The Hall–Kier alpha value is -2.57. The molecule has 1 saturated heterocycles. The van der Waals surface area contributed by atoms with E-state index in [9.17, 15) is 18.4 Å². The van der Waals surface area contributed by atoms with Crippen LogP contribution in [0.25, 0.3) is 10.9 Å². The zero-order chi connectivity index (χ0) is 16.6. The number of nitrogens with one attached hydrogen (secondary N) is 1. The van der Waals surface area contributed by atoms with E-state index < -0.39 is 11.6 Å². The van der Waals surface area contributed by atoms with Gasteiger partial charge < -0.3 is 5.32 Å². The lowest BCUT2D eigenvalue weighted by Gasteiger charge is -2.16. The van der Waals surface area contributed by atoms with Crippen LogP contribution >= 0.6 is 0 Å². The summed E-state index contributed by atoms with van der Waals surface area (Å²) in [6.45, 7) is 2.25. The first kappa shape index (κ1) is 15.3. The fourth-order valence-electron chi connectivity index (χ4n) is 2.68. The summed E-state index contributed by atoms with van der Waals surface area (Å²) in [5.74, 6) is -2.30. The van der Waals surface area contributed by atoms with Gasteiger partial charge in [0.2, 0.25) is 11.8 Å². The van der Waals surface area contributed by atoms with Crippen molar-refractivity contribution in [2.24, 2.45) is 0 Å². The van der Waals surface area contributed by atoms with Gasteiger partial charge in [0.25, 0.3) is 0 Å². The molecule has 0 spiro atoms. The second-order valence-electron chi connectivity index (χ2n) is 5.43. The minimum absolute atomic E-state index is 0.0409. The lowest BCUT2D eigenvalue weighted by molar-refractivity contribution is -0.138. The number of carbonyl (C=O) groups is 2. The number of likely N-dealkylation sites (tertiary alicyclic amines) is 1. The summed E-state index contributed by atoms with van der Waals surface area (Å²) in [6, 6.07) is 4.22. The highest BCUT2D eigenvalue weighted by molar-refractivity contribution is 6.02. The van der Waals surface area contributed by atoms with Crippen LogP contribution in [0.4, 0.5) is 14.5 Å². The van der Waals surface area contributed by atoms with Gasteiger partial charge in [-0.15, -0.1) is 0 Å². The van der Waals surface area contributed by atoms with E-state index in [0.717, 1.165) is 6.07 Å². The molecule has 1 aromatic heterocycles. The molecule has 2 aromatic rings. The molecule has 120 valence electrons. The molecular weight excluding hydrogens is 304 g/mol. The molecule has 1 N–H and O–H groups in total. The molecular formula is C16H15F2N3O2. The number of benzene rings is 1. The Balaban J connectivity index is 1.81. The highest BCUT2D eigenvalue weighted by atomic mass is 19.2. The van der Waals surface area contributed by atoms with Gasteiger partial charge in [-0.25, -0.2) is 13.8 Å². The molecule has 0 atom stereocenters. The number of amides is 2.